The van der Waals surface area contributed by atoms with E-state index in [2.05, 4.69) is 0 Å². The molecule has 0 saturated carbocycles. The number of hydrogen-bond donors (Lipinski definition) is 2. The Morgan fingerprint density at radius 2 is 2.26 bits per heavy atom. The van der Waals surface area contributed by atoms with E-state index in [1.807, 2.05) is 24.8 Å². The Kier molecular flexibility index (Phi) is 4.07. The molecule has 5 nitrogen and oxygen atoms in total. The Labute approximate surface area is 112 Å². The molecule has 1 aromatic rings. The lowest BCUT2D eigenvalue weighted by Gasteiger charge is -2.39. The van der Waals surface area contributed by atoms with Crippen LogP contribution in [0.3, 0.4) is 0 Å². The Morgan fingerprint density at radius 3 is 2.89 bits per heavy atom. The summed E-state index contributed by atoms with van der Waals surface area (Å²) in [5.74, 6) is -0.936. The molecule has 19 heavy (non-hydrogen) atoms. The average molecular weight is 265 g/mol. The molecule has 1 saturated heterocycles. The lowest BCUT2D eigenvalue weighted by atomic mass is 10.1. The fourth-order valence-electron chi connectivity index (χ4n) is 2.32. The Bertz CT molecular complexity index is 475. The van der Waals surface area contributed by atoms with Gasteiger partial charge in [-0.2, -0.15) is 0 Å². The first-order valence-corrected chi connectivity index (χ1v) is 6.36. The van der Waals surface area contributed by atoms with Crippen molar-refractivity contribution in [2.24, 2.45) is 0 Å². The first-order valence-electron chi connectivity index (χ1n) is 6.36. The monoisotopic (exact) mass is 265 g/mol. The van der Waals surface area contributed by atoms with Crippen LogP contribution in [0.1, 0.15) is 22.8 Å². The Morgan fingerprint density at radius 1 is 1.53 bits per heavy atom. The van der Waals surface area contributed by atoms with E-state index in [0.29, 0.717) is 18.8 Å². The van der Waals surface area contributed by atoms with Crippen LogP contribution in [0.2, 0.25) is 0 Å². The van der Waals surface area contributed by atoms with Crippen molar-refractivity contribution in [2.75, 3.05) is 24.7 Å². The van der Waals surface area contributed by atoms with E-state index >= 15 is 0 Å². The van der Waals surface area contributed by atoms with Gasteiger partial charge in [-0.05, 0) is 31.5 Å². The van der Waals surface area contributed by atoms with Crippen molar-refractivity contribution in [2.45, 2.75) is 26.0 Å². The number of ether oxygens (including phenoxy) is 1. The highest BCUT2D eigenvalue weighted by Crippen LogP contribution is 2.27. The minimum atomic E-state index is -0.936. The van der Waals surface area contributed by atoms with Crippen molar-refractivity contribution < 1.29 is 19.7 Å². The molecule has 2 unspecified atom stereocenters. The fourth-order valence-corrected chi connectivity index (χ4v) is 2.32. The maximum Gasteiger partial charge on any atom is 0.337 e. The summed E-state index contributed by atoms with van der Waals surface area (Å²) in [5.41, 5.74) is 2.00. The summed E-state index contributed by atoms with van der Waals surface area (Å²) in [7, 11) is 0. The molecule has 5 heteroatoms. The SMILES string of the molecule is Cc1ccc(C(=O)O)c(N2CC(CO)OCC2C)c1. The largest absolute Gasteiger partial charge is 0.478 e. The zero-order chi connectivity index (χ0) is 14.0. The molecular weight excluding hydrogens is 246 g/mol. The van der Waals surface area contributed by atoms with Crippen LogP contribution in [0.4, 0.5) is 5.69 Å². The van der Waals surface area contributed by atoms with Crippen LogP contribution in [0.5, 0.6) is 0 Å². The van der Waals surface area contributed by atoms with Gasteiger partial charge >= 0.3 is 5.97 Å². The molecule has 2 atom stereocenters. The van der Waals surface area contributed by atoms with Gasteiger partial charge in [0.05, 0.1) is 30.6 Å². The molecule has 0 spiro atoms. The van der Waals surface area contributed by atoms with Gasteiger partial charge in [0.2, 0.25) is 0 Å². The molecule has 2 rings (SSSR count). The van der Waals surface area contributed by atoms with Gasteiger partial charge in [-0.1, -0.05) is 6.07 Å². The number of hydrogen-bond acceptors (Lipinski definition) is 4. The van der Waals surface area contributed by atoms with Gasteiger partial charge in [0.15, 0.2) is 0 Å². The van der Waals surface area contributed by atoms with Gasteiger partial charge in [-0.15, -0.1) is 0 Å². The smallest absolute Gasteiger partial charge is 0.337 e. The van der Waals surface area contributed by atoms with Crippen LogP contribution in [-0.4, -0.2) is 48.1 Å². The molecule has 0 aliphatic carbocycles. The molecule has 104 valence electrons. The van der Waals surface area contributed by atoms with Gasteiger partial charge in [0.25, 0.3) is 0 Å². The second-order valence-electron chi connectivity index (χ2n) is 4.97. The molecule has 0 aromatic heterocycles. The number of aromatic carboxylic acids is 1. The third-order valence-electron chi connectivity index (χ3n) is 3.40. The summed E-state index contributed by atoms with van der Waals surface area (Å²) in [4.78, 5) is 13.3. The summed E-state index contributed by atoms with van der Waals surface area (Å²) >= 11 is 0. The number of carbonyl (C=O) groups is 1. The zero-order valence-corrected chi connectivity index (χ0v) is 11.2. The molecule has 1 aliphatic heterocycles. The minimum absolute atomic E-state index is 0.0581. The van der Waals surface area contributed by atoms with Gasteiger partial charge < -0.3 is 19.8 Å². The van der Waals surface area contributed by atoms with E-state index in [1.54, 1.807) is 12.1 Å². The van der Waals surface area contributed by atoms with Gasteiger partial charge in [0, 0.05) is 12.6 Å². The number of benzene rings is 1. The zero-order valence-electron chi connectivity index (χ0n) is 11.2. The van der Waals surface area contributed by atoms with Crippen molar-refractivity contribution >= 4 is 11.7 Å². The maximum atomic E-state index is 11.3. The van der Waals surface area contributed by atoms with E-state index in [1.165, 1.54) is 0 Å². The molecule has 2 N–H and O–H groups in total. The summed E-state index contributed by atoms with van der Waals surface area (Å²) in [5, 5.41) is 18.5. The molecule has 1 fully saturated rings. The first kappa shape index (κ1) is 13.8. The number of carboxylic acids is 1. The molecule has 1 heterocycles. The van der Waals surface area contributed by atoms with E-state index in [4.69, 9.17) is 4.74 Å². The van der Waals surface area contributed by atoms with Gasteiger partial charge in [0.1, 0.15) is 0 Å². The van der Waals surface area contributed by atoms with E-state index < -0.39 is 5.97 Å². The van der Waals surface area contributed by atoms with Crippen molar-refractivity contribution in [3.05, 3.63) is 29.3 Å². The van der Waals surface area contributed by atoms with Crippen LogP contribution >= 0.6 is 0 Å². The third-order valence-corrected chi connectivity index (χ3v) is 3.40. The highest BCUT2D eigenvalue weighted by molar-refractivity contribution is 5.94. The topological polar surface area (TPSA) is 70.0 Å². The van der Waals surface area contributed by atoms with Crippen LogP contribution < -0.4 is 4.90 Å². The van der Waals surface area contributed by atoms with Crippen molar-refractivity contribution in [3.8, 4) is 0 Å². The van der Waals surface area contributed by atoms with Crippen LogP contribution in [0, 0.1) is 6.92 Å². The molecule has 1 aliphatic rings. The number of carboxylic acid groups (broad SMARTS) is 1. The van der Waals surface area contributed by atoms with Crippen LogP contribution in [0.15, 0.2) is 18.2 Å². The second kappa shape index (κ2) is 5.59. The summed E-state index contributed by atoms with van der Waals surface area (Å²) < 4.78 is 5.48. The van der Waals surface area contributed by atoms with Crippen molar-refractivity contribution in [1.82, 2.24) is 0 Å². The van der Waals surface area contributed by atoms with E-state index in [9.17, 15) is 15.0 Å². The number of aliphatic hydroxyl groups excluding tert-OH is 1. The normalized spacial score (nSPS) is 23.4. The number of aliphatic hydroxyl groups is 1. The highest BCUT2D eigenvalue weighted by atomic mass is 16.5. The number of rotatable bonds is 3. The predicted molar refractivity (Wildman–Crippen MR) is 71.8 cm³/mol. The van der Waals surface area contributed by atoms with Crippen LogP contribution in [0.25, 0.3) is 0 Å². The van der Waals surface area contributed by atoms with Crippen molar-refractivity contribution in [3.63, 3.8) is 0 Å². The number of morpholine rings is 1. The number of anilines is 1. The average Bonchev–Trinajstić information content (AvgIpc) is 2.38. The number of nitrogens with zero attached hydrogens (tertiary/aromatic N) is 1. The fraction of sp³-hybridized carbons (Fsp3) is 0.500. The minimum Gasteiger partial charge on any atom is -0.478 e. The number of aryl methyl sites for hydroxylation is 1. The quantitative estimate of drug-likeness (QED) is 0.861. The summed E-state index contributed by atoms with van der Waals surface area (Å²) in [6.45, 7) is 4.85. The molecular formula is C14H19NO4. The molecule has 0 radical (unpaired) electrons. The molecule has 1 aromatic carbocycles. The Balaban J connectivity index is 2.38. The first-order chi connectivity index (χ1) is 9.02. The highest BCUT2D eigenvalue weighted by Gasteiger charge is 2.28. The van der Waals surface area contributed by atoms with Crippen LogP contribution in [-0.2, 0) is 4.74 Å². The summed E-state index contributed by atoms with van der Waals surface area (Å²) in [6, 6.07) is 5.38. The summed E-state index contributed by atoms with van der Waals surface area (Å²) in [6.07, 6.45) is -0.265. The van der Waals surface area contributed by atoms with E-state index in [0.717, 1.165) is 5.56 Å². The lowest BCUT2D eigenvalue weighted by Crippen LogP contribution is -2.50. The predicted octanol–water partition coefficient (Wildman–Crippen LogP) is 1.28. The van der Waals surface area contributed by atoms with Gasteiger partial charge in [-0.25, -0.2) is 4.79 Å². The van der Waals surface area contributed by atoms with Crippen molar-refractivity contribution in [1.29, 1.82) is 0 Å². The molecule has 0 bridgehead atoms. The molecule has 0 amide bonds. The Hall–Kier alpha value is -1.59. The standard InChI is InChI=1S/C14H19NO4/c1-9-3-4-12(14(17)18)13(5-9)15-6-11(7-16)19-8-10(15)2/h3-5,10-11,16H,6-8H2,1-2H3,(H,17,18). The third kappa shape index (κ3) is 2.88. The maximum absolute atomic E-state index is 11.3. The van der Waals surface area contributed by atoms with E-state index in [-0.39, 0.29) is 24.3 Å². The lowest BCUT2D eigenvalue weighted by molar-refractivity contribution is -0.0104. The van der Waals surface area contributed by atoms with Gasteiger partial charge in [-0.3, -0.25) is 0 Å². The second-order valence-corrected chi connectivity index (χ2v) is 4.97.